The largest absolute Gasteiger partial charge is 0.343 e. The highest BCUT2D eigenvalue weighted by atomic mass is 16.2. The summed E-state index contributed by atoms with van der Waals surface area (Å²) in [5, 5.41) is 0. The zero-order valence-electron chi connectivity index (χ0n) is 11.5. The van der Waals surface area contributed by atoms with Crippen LogP contribution in [0.2, 0.25) is 0 Å². The fourth-order valence-electron chi connectivity index (χ4n) is 1.52. The minimum Gasteiger partial charge on any atom is -0.343 e. The number of hydrogen-bond acceptors (Lipinski definition) is 2. The van der Waals surface area contributed by atoms with Gasteiger partial charge in [0.25, 0.3) is 0 Å². The molecule has 2 N–H and O–H groups in total. The molecule has 0 aliphatic rings. The van der Waals surface area contributed by atoms with Crippen LogP contribution in [0.15, 0.2) is 0 Å². The van der Waals surface area contributed by atoms with E-state index >= 15 is 0 Å². The Morgan fingerprint density at radius 1 is 1.19 bits per heavy atom. The van der Waals surface area contributed by atoms with Gasteiger partial charge in [-0.25, -0.2) is 0 Å². The number of amides is 1. The van der Waals surface area contributed by atoms with Crippen molar-refractivity contribution in [2.24, 2.45) is 11.1 Å². The van der Waals surface area contributed by atoms with E-state index < -0.39 is 0 Å². The number of rotatable bonds is 6. The van der Waals surface area contributed by atoms with Gasteiger partial charge in [-0.05, 0) is 18.3 Å². The van der Waals surface area contributed by atoms with Crippen LogP contribution < -0.4 is 5.73 Å². The summed E-state index contributed by atoms with van der Waals surface area (Å²) in [4.78, 5) is 14.0. The number of carbonyl (C=O) groups is 1. The Labute approximate surface area is 100 Å². The predicted octanol–water partition coefficient (Wildman–Crippen LogP) is 2.40. The SMILES string of the molecule is CCCN(CCC)C(=O)CC(N)C(C)(C)C. The first-order valence-electron chi connectivity index (χ1n) is 6.36. The molecule has 16 heavy (non-hydrogen) atoms. The van der Waals surface area contributed by atoms with Gasteiger partial charge < -0.3 is 10.6 Å². The second-order valence-electron chi connectivity index (χ2n) is 5.56. The van der Waals surface area contributed by atoms with Crippen molar-refractivity contribution in [2.75, 3.05) is 13.1 Å². The number of carbonyl (C=O) groups excluding carboxylic acids is 1. The molecule has 1 atom stereocenters. The molecule has 96 valence electrons. The molecule has 1 unspecified atom stereocenters. The molecule has 0 radical (unpaired) electrons. The van der Waals surface area contributed by atoms with Gasteiger partial charge in [-0.1, -0.05) is 34.6 Å². The van der Waals surface area contributed by atoms with E-state index in [-0.39, 0.29) is 17.4 Å². The van der Waals surface area contributed by atoms with E-state index in [9.17, 15) is 4.79 Å². The summed E-state index contributed by atoms with van der Waals surface area (Å²) < 4.78 is 0. The summed E-state index contributed by atoms with van der Waals surface area (Å²) in [6.07, 6.45) is 2.48. The number of nitrogens with two attached hydrogens (primary N) is 1. The van der Waals surface area contributed by atoms with Crippen LogP contribution in [0.3, 0.4) is 0 Å². The van der Waals surface area contributed by atoms with Crippen LogP contribution >= 0.6 is 0 Å². The van der Waals surface area contributed by atoms with Gasteiger partial charge in [-0.2, -0.15) is 0 Å². The van der Waals surface area contributed by atoms with Crippen LogP contribution in [0.5, 0.6) is 0 Å². The molecule has 0 aliphatic carbocycles. The zero-order chi connectivity index (χ0) is 12.8. The van der Waals surface area contributed by atoms with Crippen molar-refractivity contribution in [2.45, 2.75) is 59.9 Å². The van der Waals surface area contributed by atoms with Gasteiger partial charge in [0.2, 0.25) is 5.91 Å². The second kappa shape index (κ2) is 6.89. The minimum absolute atomic E-state index is 0.000239. The summed E-state index contributed by atoms with van der Waals surface area (Å²) in [5.41, 5.74) is 6.03. The highest BCUT2D eigenvalue weighted by molar-refractivity contribution is 5.76. The van der Waals surface area contributed by atoms with E-state index in [1.807, 2.05) is 4.90 Å². The molecular formula is C13H28N2O. The van der Waals surface area contributed by atoms with E-state index in [2.05, 4.69) is 34.6 Å². The van der Waals surface area contributed by atoms with Gasteiger partial charge in [0.05, 0.1) is 0 Å². The van der Waals surface area contributed by atoms with Crippen molar-refractivity contribution in [1.29, 1.82) is 0 Å². The molecule has 3 heteroatoms. The van der Waals surface area contributed by atoms with Crippen LogP contribution in [0.25, 0.3) is 0 Å². The summed E-state index contributed by atoms with van der Waals surface area (Å²) >= 11 is 0. The zero-order valence-corrected chi connectivity index (χ0v) is 11.5. The maximum atomic E-state index is 12.0. The molecule has 0 heterocycles. The highest BCUT2D eigenvalue weighted by Crippen LogP contribution is 2.20. The Morgan fingerprint density at radius 3 is 1.94 bits per heavy atom. The highest BCUT2D eigenvalue weighted by Gasteiger charge is 2.25. The lowest BCUT2D eigenvalue weighted by molar-refractivity contribution is -0.132. The van der Waals surface area contributed by atoms with E-state index in [4.69, 9.17) is 5.73 Å². The average Bonchev–Trinajstić information content (AvgIpc) is 2.15. The van der Waals surface area contributed by atoms with Crippen molar-refractivity contribution < 1.29 is 4.79 Å². The number of hydrogen-bond donors (Lipinski definition) is 1. The molecule has 1 amide bonds. The monoisotopic (exact) mass is 228 g/mol. The summed E-state index contributed by atoms with van der Waals surface area (Å²) in [6, 6.07) is -0.0591. The van der Waals surface area contributed by atoms with Gasteiger partial charge in [0.15, 0.2) is 0 Å². The molecule has 0 saturated carbocycles. The first kappa shape index (κ1) is 15.4. The van der Waals surface area contributed by atoms with Gasteiger partial charge in [-0.3, -0.25) is 4.79 Å². The predicted molar refractivity (Wildman–Crippen MR) is 69.2 cm³/mol. The summed E-state index contributed by atoms with van der Waals surface area (Å²) in [5.74, 6) is 0.200. The number of nitrogens with zero attached hydrogens (tertiary/aromatic N) is 1. The van der Waals surface area contributed by atoms with E-state index in [1.165, 1.54) is 0 Å². The standard InChI is InChI=1S/C13H28N2O/c1-6-8-15(9-7-2)12(16)10-11(14)13(3,4)5/h11H,6-10,14H2,1-5H3. The van der Waals surface area contributed by atoms with E-state index in [1.54, 1.807) is 0 Å². The molecular weight excluding hydrogens is 200 g/mol. The first-order valence-corrected chi connectivity index (χ1v) is 6.36. The van der Waals surface area contributed by atoms with Crippen LogP contribution in [0.4, 0.5) is 0 Å². The van der Waals surface area contributed by atoms with Crippen molar-refractivity contribution in [3.63, 3.8) is 0 Å². The first-order chi connectivity index (χ1) is 7.32. The smallest absolute Gasteiger partial charge is 0.224 e. The van der Waals surface area contributed by atoms with Crippen molar-refractivity contribution in [1.82, 2.24) is 4.90 Å². The van der Waals surface area contributed by atoms with Crippen LogP contribution in [0, 0.1) is 5.41 Å². The molecule has 0 aromatic carbocycles. The summed E-state index contributed by atoms with van der Waals surface area (Å²) in [7, 11) is 0. The lowest BCUT2D eigenvalue weighted by Gasteiger charge is -2.29. The van der Waals surface area contributed by atoms with Crippen molar-refractivity contribution in [3.8, 4) is 0 Å². The molecule has 0 aromatic rings. The van der Waals surface area contributed by atoms with Crippen molar-refractivity contribution in [3.05, 3.63) is 0 Å². The lowest BCUT2D eigenvalue weighted by Crippen LogP contribution is -2.42. The fourth-order valence-corrected chi connectivity index (χ4v) is 1.52. The maximum Gasteiger partial charge on any atom is 0.224 e. The maximum absolute atomic E-state index is 12.0. The third kappa shape index (κ3) is 5.50. The van der Waals surface area contributed by atoms with Crippen molar-refractivity contribution >= 4 is 5.91 Å². The molecule has 0 bridgehead atoms. The Kier molecular flexibility index (Phi) is 6.65. The fraction of sp³-hybridized carbons (Fsp3) is 0.923. The molecule has 0 aromatic heterocycles. The van der Waals surface area contributed by atoms with Gasteiger partial charge in [0, 0.05) is 25.6 Å². The Hall–Kier alpha value is -0.570. The molecule has 0 fully saturated rings. The van der Waals surface area contributed by atoms with Crippen LogP contribution in [0.1, 0.15) is 53.9 Å². The molecule has 0 aliphatic heterocycles. The Bertz CT molecular complexity index is 202. The minimum atomic E-state index is -0.0591. The Morgan fingerprint density at radius 2 is 1.62 bits per heavy atom. The second-order valence-corrected chi connectivity index (χ2v) is 5.56. The lowest BCUT2D eigenvalue weighted by atomic mass is 9.85. The van der Waals surface area contributed by atoms with Gasteiger partial charge >= 0.3 is 0 Å². The molecule has 3 nitrogen and oxygen atoms in total. The topological polar surface area (TPSA) is 46.3 Å². The van der Waals surface area contributed by atoms with E-state index in [0.717, 1.165) is 25.9 Å². The molecule has 0 rings (SSSR count). The third-order valence-corrected chi connectivity index (χ3v) is 2.85. The summed E-state index contributed by atoms with van der Waals surface area (Å²) in [6.45, 7) is 12.1. The average molecular weight is 228 g/mol. The van der Waals surface area contributed by atoms with E-state index in [0.29, 0.717) is 6.42 Å². The van der Waals surface area contributed by atoms with Crippen LogP contribution in [-0.4, -0.2) is 29.9 Å². The van der Waals surface area contributed by atoms with Gasteiger partial charge in [-0.15, -0.1) is 0 Å². The quantitative estimate of drug-likeness (QED) is 0.759. The molecule has 0 spiro atoms. The Balaban J connectivity index is 4.29. The normalized spacial score (nSPS) is 13.6. The van der Waals surface area contributed by atoms with Crippen LogP contribution in [-0.2, 0) is 4.79 Å². The molecule has 0 saturated heterocycles. The third-order valence-electron chi connectivity index (χ3n) is 2.85. The van der Waals surface area contributed by atoms with Gasteiger partial charge in [0.1, 0.15) is 0 Å².